The molecule has 0 spiro atoms. The van der Waals surface area contributed by atoms with Crippen molar-refractivity contribution >= 4 is 40.0 Å². The van der Waals surface area contributed by atoms with Crippen molar-refractivity contribution in [1.29, 1.82) is 0 Å². The van der Waals surface area contributed by atoms with E-state index in [1.807, 2.05) is 23.9 Å². The molecule has 2 aliphatic heterocycles. The third-order valence-electron chi connectivity index (χ3n) is 3.90. The highest BCUT2D eigenvalue weighted by atomic mass is 35.5. The molecule has 0 N–H and O–H groups in total. The monoisotopic (exact) mass is 328 g/mol. The number of halogens is 2. The van der Waals surface area contributed by atoms with Crippen molar-refractivity contribution in [1.82, 2.24) is 9.80 Å². The van der Waals surface area contributed by atoms with Crippen LogP contribution >= 0.6 is 35.0 Å². The first kappa shape index (κ1) is 14.7. The van der Waals surface area contributed by atoms with Crippen molar-refractivity contribution in [2.45, 2.75) is 4.90 Å². The maximum Gasteiger partial charge on any atom is 0.0503 e. The van der Waals surface area contributed by atoms with Crippen LogP contribution in [0.2, 0.25) is 5.02 Å². The Balaban J connectivity index is 1.78. The van der Waals surface area contributed by atoms with Crippen molar-refractivity contribution in [3.8, 4) is 0 Å². The highest BCUT2D eigenvalue weighted by Crippen LogP contribution is 2.40. The molecule has 20 heavy (non-hydrogen) atoms. The second kappa shape index (κ2) is 6.29. The molecule has 108 valence electrons. The molecule has 0 radical (unpaired) electrons. The van der Waals surface area contributed by atoms with E-state index in [2.05, 4.69) is 22.9 Å². The zero-order valence-corrected chi connectivity index (χ0v) is 13.9. The predicted octanol–water partition coefficient (Wildman–Crippen LogP) is 3.64. The summed E-state index contributed by atoms with van der Waals surface area (Å²) in [6, 6.07) is 5.98. The molecule has 1 saturated heterocycles. The van der Waals surface area contributed by atoms with E-state index in [1.165, 1.54) is 10.5 Å². The van der Waals surface area contributed by atoms with Crippen LogP contribution in [-0.4, -0.2) is 55.3 Å². The molecule has 1 aromatic carbocycles. The van der Waals surface area contributed by atoms with Gasteiger partial charge in [0, 0.05) is 54.0 Å². The van der Waals surface area contributed by atoms with Crippen LogP contribution in [0.15, 0.2) is 28.7 Å². The van der Waals surface area contributed by atoms with Gasteiger partial charge in [0.15, 0.2) is 0 Å². The normalized spacial score (nSPS) is 21.1. The van der Waals surface area contributed by atoms with Crippen LogP contribution in [0.25, 0.3) is 5.03 Å². The third-order valence-corrected chi connectivity index (χ3v) is 5.77. The van der Waals surface area contributed by atoms with Gasteiger partial charge in [-0.25, -0.2) is 0 Å². The lowest BCUT2D eigenvalue weighted by atomic mass is 10.1. The van der Waals surface area contributed by atoms with Crippen molar-refractivity contribution in [3.05, 3.63) is 34.4 Å². The average molecular weight is 329 g/mol. The summed E-state index contributed by atoms with van der Waals surface area (Å²) in [7, 11) is 2.18. The first-order valence-electron chi connectivity index (χ1n) is 6.84. The average Bonchev–Trinajstić information content (AvgIpc) is 2.45. The van der Waals surface area contributed by atoms with Crippen LogP contribution in [0.5, 0.6) is 0 Å². The van der Waals surface area contributed by atoms with E-state index in [4.69, 9.17) is 23.2 Å². The van der Waals surface area contributed by atoms with E-state index < -0.39 is 0 Å². The van der Waals surface area contributed by atoms with Gasteiger partial charge in [-0.15, -0.1) is 11.8 Å². The lowest BCUT2D eigenvalue weighted by Gasteiger charge is -2.33. The number of hydrogen-bond donors (Lipinski definition) is 0. The van der Waals surface area contributed by atoms with Crippen molar-refractivity contribution in [2.75, 3.05) is 45.5 Å². The van der Waals surface area contributed by atoms with E-state index in [0.717, 1.165) is 54.1 Å². The van der Waals surface area contributed by atoms with Crippen LogP contribution in [0.3, 0.4) is 0 Å². The maximum atomic E-state index is 6.60. The molecule has 0 atom stereocenters. The van der Waals surface area contributed by atoms with Gasteiger partial charge in [-0.05, 0) is 30.8 Å². The van der Waals surface area contributed by atoms with Crippen LogP contribution in [0.1, 0.15) is 5.56 Å². The van der Waals surface area contributed by atoms with E-state index in [0.29, 0.717) is 0 Å². The highest BCUT2D eigenvalue weighted by Gasteiger charge is 2.21. The predicted molar refractivity (Wildman–Crippen MR) is 88.9 cm³/mol. The lowest BCUT2D eigenvalue weighted by molar-refractivity contribution is 0.164. The topological polar surface area (TPSA) is 6.48 Å². The summed E-state index contributed by atoms with van der Waals surface area (Å²) in [5.41, 5.74) is 2.43. The van der Waals surface area contributed by atoms with Gasteiger partial charge < -0.3 is 4.90 Å². The fourth-order valence-corrected chi connectivity index (χ4v) is 4.25. The zero-order chi connectivity index (χ0) is 14.1. The zero-order valence-electron chi connectivity index (χ0n) is 11.5. The Bertz CT molecular complexity index is 537. The molecule has 3 rings (SSSR count). The molecule has 0 saturated carbocycles. The molecule has 5 heteroatoms. The summed E-state index contributed by atoms with van der Waals surface area (Å²) in [6.45, 7) is 5.50. The fourth-order valence-electron chi connectivity index (χ4n) is 2.61. The summed E-state index contributed by atoms with van der Waals surface area (Å²) >= 11 is 14.6. The third kappa shape index (κ3) is 3.18. The fraction of sp³-hybridized carbons (Fsp3) is 0.467. The van der Waals surface area contributed by atoms with Gasteiger partial charge in [-0.1, -0.05) is 23.2 Å². The number of thioether (sulfide) groups is 1. The smallest absolute Gasteiger partial charge is 0.0503 e. The minimum Gasteiger partial charge on any atom is -0.304 e. The Morgan fingerprint density at radius 2 is 1.90 bits per heavy atom. The Labute approximate surface area is 134 Å². The Kier molecular flexibility index (Phi) is 4.63. The van der Waals surface area contributed by atoms with E-state index in [9.17, 15) is 0 Å². The molecule has 1 fully saturated rings. The Morgan fingerprint density at radius 1 is 1.15 bits per heavy atom. The quantitative estimate of drug-likeness (QED) is 0.818. The van der Waals surface area contributed by atoms with Crippen LogP contribution in [0, 0.1) is 0 Å². The second-order valence-corrected chi connectivity index (χ2v) is 7.26. The van der Waals surface area contributed by atoms with Gasteiger partial charge in [0.05, 0.1) is 5.03 Å². The number of piperazine rings is 1. The second-order valence-electron chi connectivity index (χ2n) is 5.43. The van der Waals surface area contributed by atoms with E-state index >= 15 is 0 Å². The molecule has 0 bridgehead atoms. The van der Waals surface area contributed by atoms with E-state index in [1.54, 1.807) is 0 Å². The highest BCUT2D eigenvalue weighted by molar-refractivity contribution is 7.99. The van der Waals surface area contributed by atoms with Gasteiger partial charge in [0.1, 0.15) is 0 Å². The number of hydrogen-bond acceptors (Lipinski definition) is 3. The number of likely N-dealkylation sites (N-methyl/N-ethyl adjacent to an activating group) is 1. The molecule has 0 aromatic heterocycles. The Hall–Kier alpha value is -0.190. The first-order valence-corrected chi connectivity index (χ1v) is 8.59. The van der Waals surface area contributed by atoms with Gasteiger partial charge in [-0.2, -0.15) is 0 Å². The Morgan fingerprint density at radius 3 is 2.65 bits per heavy atom. The molecular formula is C15H18Cl2N2S. The van der Waals surface area contributed by atoms with Crippen molar-refractivity contribution in [2.24, 2.45) is 0 Å². The minimum absolute atomic E-state index is 0.753. The number of fused-ring (bicyclic) bond motifs is 1. The number of rotatable bonds is 2. The summed E-state index contributed by atoms with van der Waals surface area (Å²) in [4.78, 5) is 6.10. The maximum absolute atomic E-state index is 6.60. The molecule has 2 heterocycles. The molecule has 2 nitrogen and oxygen atoms in total. The summed E-state index contributed by atoms with van der Waals surface area (Å²) in [5.74, 6) is 0.986. The molecule has 0 amide bonds. The van der Waals surface area contributed by atoms with Gasteiger partial charge in [-0.3, -0.25) is 4.90 Å². The van der Waals surface area contributed by atoms with Gasteiger partial charge in [0.2, 0.25) is 0 Å². The van der Waals surface area contributed by atoms with Crippen LogP contribution in [0.4, 0.5) is 0 Å². The summed E-state index contributed by atoms with van der Waals surface area (Å²) in [6.07, 6.45) is 0. The molecule has 2 aliphatic rings. The number of nitrogens with zero attached hydrogens (tertiary/aromatic N) is 2. The lowest BCUT2D eigenvalue weighted by Crippen LogP contribution is -2.45. The first-order chi connectivity index (χ1) is 9.63. The van der Waals surface area contributed by atoms with Crippen molar-refractivity contribution < 1.29 is 0 Å². The molecular weight excluding hydrogens is 311 g/mol. The van der Waals surface area contributed by atoms with Crippen molar-refractivity contribution in [3.63, 3.8) is 0 Å². The van der Waals surface area contributed by atoms with Crippen LogP contribution in [-0.2, 0) is 0 Å². The van der Waals surface area contributed by atoms with E-state index in [-0.39, 0.29) is 0 Å². The SMILES string of the molecule is CN1CCN(CC2=C(Cl)c3cc(Cl)ccc3SC2)CC1. The van der Waals surface area contributed by atoms with Gasteiger partial charge >= 0.3 is 0 Å². The number of benzene rings is 1. The van der Waals surface area contributed by atoms with Gasteiger partial charge in [0.25, 0.3) is 0 Å². The summed E-state index contributed by atoms with van der Waals surface area (Å²) < 4.78 is 0. The largest absolute Gasteiger partial charge is 0.304 e. The van der Waals surface area contributed by atoms with Crippen LogP contribution < -0.4 is 0 Å². The molecule has 0 aliphatic carbocycles. The molecule has 0 unspecified atom stereocenters. The minimum atomic E-state index is 0.753. The summed E-state index contributed by atoms with van der Waals surface area (Å²) in [5, 5.41) is 1.66. The standard InChI is InChI=1S/C15H18Cl2N2S/c1-18-4-6-19(7-5-18)9-11-10-20-14-3-2-12(16)8-13(14)15(11)17/h2-3,8H,4-7,9-10H2,1H3. The molecule has 1 aromatic rings.